The van der Waals surface area contributed by atoms with Crippen molar-refractivity contribution in [2.24, 2.45) is 0 Å². The third kappa shape index (κ3) is 3.67. The number of hydrogen-bond acceptors (Lipinski definition) is 6. The fraction of sp³-hybridized carbons (Fsp3) is 0.217. The number of nitrogen functional groups attached to an aromatic ring is 1. The van der Waals surface area contributed by atoms with Crippen LogP contribution in [0.25, 0.3) is 16.8 Å². The third-order valence-corrected chi connectivity index (χ3v) is 5.34. The predicted molar refractivity (Wildman–Crippen MR) is 119 cm³/mol. The summed E-state index contributed by atoms with van der Waals surface area (Å²) in [5.41, 5.74) is 9.65. The van der Waals surface area contributed by atoms with Crippen LogP contribution in [0.15, 0.2) is 67.0 Å². The number of nitrogens with one attached hydrogen (secondary N) is 2. The number of ether oxygens (including phenoxy) is 1. The highest BCUT2D eigenvalue weighted by molar-refractivity contribution is 5.92. The van der Waals surface area contributed by atoms with Crippen LogP contribution in [0, 0.1) is 0 Å². The van der Waals surface area contributed by atoms with Crippen molar-refractivity contribution in [2.45, 2.75) is 18.9 Å². The maximum absolute atomic E-state index is 6.55. The fourth-order valence-electron chi connectivity index (χ4n) is 3.84. The first kappa shape index (κ1) is 18.4. The molecular weight excluding hydrogens is 376 g/mol. The average Bonchev–Trinajstić information content (AvgIpc) is 3.25. The number of benzene rings is 2. The van der Waals surface area contributed by atoms with Gasteiger partial charge in [-0.2, -0.15) is 0 Å². The quantitative estimate of drug-likeness (QED) is 0.470. The molecule has 1 aliphatic rings. The van der Waals surface area contributed by atoms with Crippen molar-refractivity contribution < 1.29 is 4.74 Å². The molecular formula is C23H24N6O. The van der Waals surface area contributed by atoms with Crippen LogP contribution in [-0.2, 0) is 0 Å². The van der Waals surface area contributed by atoms with Gasteiger partial charge in [-0.05, 0) is 49.2 Å². The minimum atomic E-state index is 0.311. The van der Waals surface area contributed by atoms with Crippen LogP contribution < -0.4 is 21.1 Å². The lowest BCUT2D eigenvalue weighted by Crippen LogP contribution is -2.38. The van der Waals surface area contributed by atoms with E-state index in [1.165, 1.54) is 0 Å². The molecule has 2 aromatic carbocycles. The summed E-state index contributed by atoms with van der Waals surface area (Å²) in [6.07, 6.45) is 5.77. The van der Waals surface area contributed by atoms with Gasteiger partial charge < -0.3 is 21.1 Å². The van der Waals surface area contributed by atoms with Gasteiger partial charge in [-0.25, -0.2) is 9.50 Å². The van der Waals surface area contributed by atoms with Crippen molar-refractivity contribution in [1.29, 1.82) is 0 Å². The molecule has 1 saturated heterocycles. The van der Waals surface area contributed by atoms with Crippen LogP contribution in [0.4, 0.5) is 11.5 Å². The number of nitrogens with two attached hydrogens (primary N) is 1. The molecule has 7 heteroatoms. The highest BCUT2D eigenvalue weighted by Crippen LogP contribution is 2.36. The lowest BCUT2D eigenvalue weighted by atomic mass is 10.0. The number of para-hydroxylation sites is 1. The first-order valence-electron chi connectivity index (χ1n) is 10.2. The van der Waals surface area contributed by atoms with E-state index >= 15 is 0 Å². The van der Waals surface area contributed by atoms with Crippen LogP contribution in [-0.4, -0.2) is 33.7 Å². The largest absolute Gasteiger partial charge is 0.457 e. The maximum atomic E-state index is 6.55. The molecule has 4 aromatic rings. The van der Waals surface area contributed by atoms with Crippen LogP contribution in [0.1, 0.15) is 12.8 Å². The molecule has 0 saturated carbocycles. The van der Waals surface area contributed by atoms with E-state index in [2.05, 4.69) is 15.6 Å². The second-order valence-corrected chi connectivity index (χ2v) is 7.46. The van der Waals surface area contributed by atoms with Gasteiger partial charge in [0, 0.05) is 25.0 Å². The molecule has 0 radical (unpaired) electrons. The van der Waals surface area contributed by atoms with Crippen LogP contribution in [0.2, 0.25) is 0 Å². The Labute approximate surface area is 174 Å². The second-order valence-electron chi connectivity index (χ2n) is 7.46. The van der Waals surface area contributed by atoms with Gasteiger partial charge in [0.25, 0.3) is 0 Å². The molecule has 3 heterocycles. The molecule has 5 rings (SSSR count). The van der Waals surface area contributed by atoms with Crippen molar-refractivity contribution in [3.63, 3.8) is 0 Å². The Balaban J connectivity index is 1.50. The average molecular weight is 400 g/mol. The second kappa shape index (κ2) is 8.04. The number of nitrogens with zero attached hydrogens (tertiary/aromatic N) is 3. The van der Waals surface area contributed by atoms with Crippen LogP contribution in [0.5, 0.6) is 11.5 Å². The maximum Gasteiger partial charge on any atom is 0.177 e. The van der Waals surface area contributed by atoms with Crippen molar-refractivity contribution in [1.82, 2.24) is 19.9 Å². The van der Waals surface area contributed by atoms with Crippen molar-refractivity contribution in [2.75, 3.05) is 24.1 Å². The normalized spacial score (nSPS) is 16.5. The van der Waals surface area contributed by atoms with Gasteiger partial charge in [-0.15, -0.1) is 5.10 Å². The van der Waals surface area contributed by atoms with Crippen molar-refractivity contribution >= 4 is 17.2 Å². The van der Waals surface area contributed by atoms with Crippen molar-refractivity contribution in [3.8, 4) is 22.6 Å². The zero-order valence-electron chi connectivity index (χ0n) is 16.6. The van der Waals surface area contributed by atoms with E-state index in [1.807, 2.05) is 60.8 Å². The molecule has 0 amide bonds. The minimum absolute atomic E-state index is 0.311. The van der Waals surface area contributed by atoms with Gasteiger partial charge in [-0.1, -0.05) is 30.3 Å². The molecule has 2 aromatic heterocycles. The number of rotatable bonds is 5. The Morgan fingerprint density at radius 2 is 1.87 bits per heavy atom. The highest BCUT2D eigenvalue weighted by atomic mass is 16.5. The molecule has 1 fully saturated rings. The Morgan fingerprint density at radius 1 is 1.07 bits per heavy atom. The van der Waals surface area contributed by atoms with E-state index in [0.29, 0.717) is 17.4 Å². The van der Waals surface area contributed by atoms with Gasteiger partial charge in [0.05, 0.1) is 11.3 Å². The van der Waals surface area contributed by atoms with Gasteiger partial charge in [-0.3, -0.25) is 0 Å². The molecule has 0 spiro atoms. The third-order valence-electron chi connectivity index (χ3n) is 5.34. The lowest BCUT2D eigenvalue weighted by molar-refractivity contribution is 0.478. The van der Waals surface area contributed by atoms with Gasteiger partial charge in [0.1, 0.15) is 11.5 Å². The molecule has 1 aliphatic heterocycles. The minimum Gasteiger partial charge on any atom is -0.457 e. The van der Waals surface area contributed by atoms with Crippen LogP contribution >= 0.6 is 0 Å². The van der Waals surface area contributed by atoms with E-state index < -0.39 is 0 Å². The van der Waals surface area contributed by atoms with E-state index in [4.69, 9.17) is 15.6 Å². The molecule has 4 N–H and O–H groups in total. The summed E-state index contributed by atoms with van der Waals surface area (Å²) in [7, 11) is 0. The zero-order chi connectivity index (χ0) is 20.3. The molecule has 0 aliphatic carbocycles. The lowest BCUT2D eigenvalue weighted by Gasteiger charge is -2.25. The Bertz CT molecular complexity index is 1130. The van der Waals surface area contributed by atoms with Crippen LogP contribution in [0.3, 0.4) is 0 Å². The number of imidazole rings is 1. The monoisotopic (exact) mass is 400 g/mol. The first-order chi connectivity index (χ1) is 14.8. The van der Waals surface area contributed by atoms with Gasteiger partial charge in [0.15, 0.2) is 11.5 Å². The number of piperidine rings is 1. The van der Waals surface area contributed by atoms with Gasteiger partial charge >= 0.3 is 0 Å². The number of aromatic nitrogens is 3. The van der Waals surface area contributed by atoms with E-state index in [0.717, 1.165) is 54.4 Å². The fourth-order valence-corrected chi connectivity index (χ4v) is 3.84. The molecule has 0 unspecified atom stereocenters. The molecule has 0 bridgehead atoms. The van der Waals surface area contributed by atoms with Gasteiger partial charge in [0.2, 0.25) is 0 Å². The summed E-state index contributed by atoms with van der Waals surface area (Å²) < 4.78 is 7.65. The van der Waals surface area contributed by atoms with Crippen molar-refractivity contribution in [3.05, 3.63) is 67.0 Å². The smallest absolute Gasteiger partial charge is 0.177 e. The predicted octanol–water partition coefficient (Wildman–Crippen LogP) is 3.93. The molecule has 30 heavy (non-hydrogen) atoms. The van der Waals surface area contributed by atoms with E-state index in [9.17, 15) is 0 Å². The number of fused-ring (bicyclic) bond motifs is 1. The highest BCUT2D eigenvalue weighted by Gasteiger charge is 2.20. The Hall–Kier alpha value is -3.58. The summed E-state index contributed by atoms with van der Waals surface area (Å²) in [5.74, 6) is 2.34. The van der Waals surface area contributed by atoms with E-state index in [1.54, 1.807) is 10.7 Å². The zero-order valence-corrected chi connectivity index (χ0v) is 16.6. The Morgan fingerprint density at radius 3 is 2.63 bits per heavy atom. The summed E-state index contributed by atoms with van der Waals surface area (Å²) in [6.45, 7) is 1.97. The number of anilines is 2. The Kier molecular flexibility index (Phi) is 4.94. The SMILES string of the molecule is Nc1c(-c2ccc(Oc3ccccc3)cc2)c(N[C@H]2CCCNC2)nn2ccnc12. The summed E-state index contributed by atoms with van der Waals surface area (Å²) in [6, 6.07) is 18.0. The summed E-state index contributed by atoms with van der Waals surface area (Å²) in [4.78, 5) is 4.38. The van der Waals surface area contributed by atoms with E-state index in [-0.39, 0.29) is 0 Å². The standard InChI is InChI=1S/C23H24N6O/c24-21-20(16-8-10-19(11-9-16)30-18-6-2-1-3-7-18)22(27-17-5-4-12-25-15-17)28-29-14-13-26-23(21)29/h1-3,6-11,13-14,17,25H,4-5,12,15,24H2,(H,27,28)/t17-/m0/s1. The molecule has 152 valence electrons. The molecule has 1 atom stereocenters. The summed E-state index contributed by atoms with van der Waals surface area (Å²) >= 11 is 0. The topological polar surface area (TPSA) is 89.5 Å². The number of hydrogen-bond donors (Lipinski definition) is 3. The summed E-state index contributed by atoms with van der Waals surface area (Å²) in [5, 5.41) is 11.8. The first-order valence-corrected chi connectivity index (χ1v) is 10.2. The molecule has 7 nitrogen and oxygen atoms in total.